The van der Waals surface area contributed by atoms with Crippen LogP contribution in [0.3, 0.4) is 0 Å². The molecule has 0 bridgehead atoms. The van der Waals surface area contributed by atoms with Crippen LogP contribution >= 0.6 is 11.3 Å². The molecule has 4 nitrogen and oxygen atoms in total. The summed E-state index contributed by atoms with van der Waals surface area (Å²) in [6.45, 7) is 3.54. The molecule has 1 fully saturated rings. The number of aromatic nitrogens is 1. The zero-order valence-corrected chi connectivity index (χ0v) is 13.0. The van der Waals surface area contributed by atoms with Gasteiger partial charge in [-0.2, -0.15) is 0 Å². The number of hydrogen-bond acceptors (Lipinski definition) is 5. The lowest BCUT2D eigenvalue weighted by Gasteiger charge is -2.48. The Balaban J connectivity index is 2.14. The molecule has 108 valence electrons. The molecule has 19 heavy (non-hydrogen) atoms. The van der Waals surface area contributed by atoms with Crippen molar-refractivity contribution in [3.8, 4) is 0 Å². The normalized spacial score (nSPS) is 27.9. The van der Waals surface area contributed by atoms with Crippen LogP contribution < -0.4 is 5.73 Å². The van der Waals surface area contributed by atoms with Crippen LogP contribution in [0.25, 0.3) is 0 Å². The Bertz CT molecular complexity index is 409. The maximum Gasteiger partial charge on any atom is 0.0897 e. The summed E-state index contributed by atoms with van der Waals surface area (Å²) in [5, 5.41) is 3.26. The van der Waals surface area contributed by atoms with Gasteiger partial charge in [-0.15, -0.1) is 11.3 Å². The minimum absolute atomic E-state index is 0.0372. The second-order valence-corrected chi connectivity index (χ2v) is 6.55. The monoisotopic (exact) mass is 283 g/mol. The average molecular weight is 283 g/mol. The summed E-state index contributed by atoms with van der Waals surface area (Å²) in [6.07, 6.45) is 4.92. The van der Waals surface area contributed by atoms with Gasteiger partial charge in [-0.1, -0.05) is 12.8 Å². The van der Waals surface area contributed by atoms with E-state index in [-0.39, 0.29) is 11.6 Å². The fourth-order valence-electron chi connectivity index (χ4n) is 3.24. The Hall–Kier alpha value is -0.490. The molecule has 1 aromatic heterocycles. The smallest absolute Gasteiger partial charge is 0.0897 e. The molecule has 1 aliphatic rings. The lowest BCUT2D eigenvalue weighted by molar-refractivity contribution is -0.0691. The van der Waals surface area contributed by atoms with Crippen molar-refractivity contribution in [1.29, 1.82) is 0 Å². The number of rotatable bonds is 5. The first-order chi connectivity index (χ1) is 9.12. The Kier molecular flexibility index (Phi) is 4.95. The summed E-state index contributed by atoms with van der Waals surface area (Å²) < 4.78 is 5.72. The Morgan fingerprint density at radius 3 is 2.95 bits per heavy atom. The van der Waals surface area contributed by atoms with Gasteiger partial charge in [0.2, 0.25) is 0 Å². The second-order valence-electron chi connectivity index (χ2n) is 5.49. The van der Waals surface area contributed by atoms with Gasteiger partial charge in [0.25, 0.3) is 0 Å². The molecule has 0 aliphatic heterocycles. The zero-order chi connectivity index (χ0) is 13.9. The van der Waals surface area contributed by atoms with Gasteiger partial charge in [0.05, 0.1) is 22.3 Å². The van der Waals surface area contributed by atoms with Gasteiger partial charge in [-0.05, 0) is 26.8 Å². The number of thiazole rings is 1. The molecule has 2 atom stereocenters. The fraction of sp³-hybridized carbons (Fsp3) is 0.786. The highest BCUT2D eigenvalue weighted by Crippen LogP contribution is 2.35. The van der Waals surface area contributed by atoms with E-state index in [1.165, 1.54) is 12.8 Å². The molecule has 0 aromatic carbocycles. The van der Waals surface area contributed by atoms with Crippen LogP contribution in [0.5, 0.6) is 0 Å². The third kappa shape index (κ3) is 2.99. The van der Waals surface area contributed by atoms with Crippen LogP contribution in [0.4, 0.5) is 0 Å². The SMILES string of the molecule is COC1CCCCC1(CN)N(C)Cc1csc(C)n1. The molecule has 2 N–H and O–H groups in total. The molecule has 2 unspecified atom stereocenters. The zero-order valence-electron chi connectivity index (χ0n) is 12.2. The van der Waals surface area contributed by atoms with Crippen LogP contribution in [0.1, 0.15) is 36.4 Å². The third-order valence-corrected chi connectivity index (χ3v) is 5.21. The van der Waals surface area contributed by atoms with Crippen molar-refractivity contribution in [3.63, 3.8) is 0 Å². The molecule has 0 spiro atoms. The highest BCUT2D eigenvalue weighted by atomic mass is 32.1. The molecule has 5 heteroatoms. The van der Waals surface area contributed by atoms with Gasteiger partial charge in [0, 0.05) is 25.6 Å². The topological polar surface area (TPSA) is 51.4 Å². The van der Waals surface area contributed by atoms with Gasteiger partial charge < -0.3 is 10.5 Å². The van der Waals surface area contributed by atoms with Crippen LogP contribution in [0.2, 0.25) is 0 Å². The van der Waals surface area contributed by atoms with Crippen molar-refractivity contribution < 1.29 is 4.74 Å². The molecule has 1 aromatic rings. The van der Waals surface area contributed by atoms with E-state index in [1.54, 1.807) is 18.4 Å². The second kappa shape index (κ2) is 6.31. The van der Waals surface area contributed by atoms with Crippen molar-refractivity contribution in [2.75, 3.05) is 20.7 Å². The number of ether oxygens (including phenoxy) is 1. The standard InChI is InChI=1S/C14H25N3OS/c1-11-16-12(9-19-11)8-17(2)14(10-15)7-5-4-6-13(14)18-3/h9,13H,4-8,10,15H2,1-3H3. The molecule has 1 aliphatic carbocycles. The van der Waals surface area contributed by atoms with E-state index in [9.17, 15) is 0 Å². The van der Waals surface area contributed by atoms with Crippen LogP contribution in [0, 0.1) is 6.92 Å². The Labute approximate surface area is 120 Å². The summed E-state index contributed by atoms with van der Waals surface area (Å²) in [7, 11) is 3.96. The lowest BCUT2D eigenvalue weighted by atomic mass is 9.77. The number of nitrogens with two attached hydrogens (primary N) is 1. The van der Waals surface area contributed by atoms with Gasteiger partial charge >= 0.3 is 0 Å². The molecule has 0 saturated heterocycles. The molecule has 1 saturated carbocycles. The molecular weight excluding hydrogens is 258 g/mol. The van der Waals surface area contributed by atoms with E-state index in [2.05, 4.69) is 22.3 Å². The van der Waals surface area contributed by atoms with E-state index in [1.807, 2.05) is 6.92 Å². The highest BCUT2D eigenvalue weighted by molar-refractivity contribution is 7.09. The van der Waals surface area contributed by atoms with Crippen molar-refractivity contribution in [3.05, 3.63) is 16.1 Å². The largest absolute Gasteiger partial charge is 0.379 e. The van der Waals surface area contributed by atoms with E-state index >= 15 is 0 Å². The van der Waals surface area contributed by atoms with E-state index < -0.39 is 0 Å². The first-order valence-corrected chi connectivity index (χ1v) is 7.85. The number of hydrogen-bond donors (Lipinski definition) is 1. The summed E-state index contributed by atoms with van der Waals surface area (Å²) in [6, 6.07) is 0. The van der Waals surface area contributed by atoms with E-state index in [0.29, 0.717) is 6.54 Å². The summed E-state index contributed by atoms with van der Waals surface area (Å²) in [5.74, 6) is 0. The highest BCUT2D eigenvalue weighted by Gasteiger charge is 2.43. The minimum atomic E-state index is -0.0372. The fourth-order valence-corrected chi connectivity index (χ4v) is 3.84. The first-order valence-electron chi connectivity index (χ1n) is 6.97. The minimum Gasteiger partial charge on any atom is -0.379 e. The van der Waals surface area contributed by atoms with Gasteiger partial charge in [0.15, 0.2) is 0 Å². The lowest BCUT2D eigenvalue weighted by Crippen LogP contribution is -2.61. The van der Waals surface area contributed by atoms with Gasteiger partial charge in [-0.3, -0.25) is 4.90 Å². The van der Waals surface area contributed by atoms with Crippen LogP contribution in [-0.4, -0.2) is 42.2 Å². The summed E-state index contributed by atoms with van der Waals surface area (Å²) in [4.78, 5) is 6.91. The molecule has 0 radical (unpaired) electrons. The van der Waals surface area contributed by atoms with Crippen molar-refractivity contribution in [2.24, 2.45) is 5.73 Å². The van der Waals surface area contributed by atoms with Crippen molar-refractivity contribution in [1.82, 2.24) is 9.88 Å². The number of aryl methyl sites for hydroxylation is 1. The molecule has 0 amide bonds. The quantitative estimate of drug-likeness (QED) is 0.900. The first kappa shape index (κ1) is 14.9. The molecule has 2 rings (SSSR count). The molecular formula is C14H25N3OS. The predicted molar refractivity (Wildman–Crippen MR) is 79.4 cm³/mol. The van der Waals surface area contributed by atoms with Crippen molar-refractivity contribution in [2.45, 2.75) is 50.8 Å². The van der Waals surface area contributed by atoms with Crippen LogP contribution in [0.15, 0.2) is 5.38 Å². The maximum atomic E-state index is 6.12. The van der Waals surface area contributed by atoms with Crippen molar-refractivity contribution >= 4 is 11.3 Å². The Morgan fingerprint density at radius 1 is 1.58 bits per heavy atom. The van der Waals surface area contributed by atoms with Crippen LogP contribution in [-0.2, 0) is 11.3 Å². The number of nitrogens with zero attached hydrogens (tertiary/aromatic N) is 2. The Morgan fingerprint density at radius 2 is 2.37 bits per heavy atom. The van der Waals surface area contributed by atoms with E-state index in [4.69, 9.17) is 10.5 Å². The maximum absolute atomic E-state index is 6.12. The van der Waals surface area contributed by atoms with Gasteiger partial charge in [0.1, 0.15) is 0 Å². The average Bonchev–Trinajstić information content (AvgIpc) is 2.83. The number of methoxy groups -OCH3 is 1. The van der Waals surface area contributed by atoms with Gasteiger partial charge in [-0.25, -0.2) is 4.98 Å². The summed E-state index contributed by atoms with van der Waals surface area (Å²) >= 11 is 1.71. The predicted octanol–water partition coefficient (Wildman–Crippen LogP) is 2.17. The number of likely N-dealkylation sites (N-methyl/N-ethyl adjacent to an activating group) is 1. The third-order valence-electron chi connectivity index (χ3n) is 4.39. The van der Waals surface area contributed by atoms with E-state index in [0.717, 1.165) is 30.1 Å². The molecule has 1 heterocycles. The summed E-state index contributed by atoms with van der Waals surface area (Å²) in [5.41, 5.74) is 7.22.